The molecule has 0 saturated carbocycles. The lowest BCUT2D eigenvalue weighted by Gasteiger charge is -2.08. The number of amidine groups is 1. The van der Waals surface area contributed by atoms with Crippen LogP contribution in [0.5, 0.6) is 0 Å². The van der Waals surface area contributed by atoms with Crippen LogP contribution in [-0.2, 0) is 7.05 Å². The van der Waals surface area contributed by atoms with Gasteiger partial charge in [-0.2, -0.15) is 0 Å². The normalized spacial score (nSPS) is 11.4. The number of anilines is 2. The summed E-state index contributed by atoms with van der Waals surface area (Å²) in [6.07, 6.45) is 3.07. The lowest BCUT2D eigenvalue weighted by Crippen LogP contribution is -2.21. The van der Waals surface area contributed by atoms with E-state index >= 15 is 0 Å². The predicted molar refractivity (Wildman–Crippen MR) is 91.5 cm³/mol. The predicted octanol–water partition coefficient (Wildman–Crippen LogP) is 2.20. The molecule has 10 nitrogen and oxygen atoms in total. The Morgan fingerprint density at radius 2 is 2.19 bits per heavy atom. The molecular formula is C14H11BrFN7O3. The summed E-state index contributed by atoms with van der Waals surface area (Å²) >= 11 is 3.05. The summed E-state index contributed by atoms with van der Waals surface area (Å²) in [5.41, 5.74) is 0.339. The van der Waals surface area contributed by atoms with E-state index in [1.165, 1.54) is 29.0 Å². The summed E-state index contributed by atoms with van der Waals surface area (Å²) in [6.45, 7) is 0. The van der Waals surface area contributed by atoms with Crippen molar-refractivity contribution in [1.82, 2.24) is 19.9 Å². The first-order valence-corrected chi connectivity index (χ1v) is 7.84. The standard InChI is InChI=1S/C14H11BrFN7O3/c1-23-5-4-17-13(23)14(24)19-12-10(21-26-22-12)11(20-25)18-7-2-3-9(16)8(15)6-7/h2-6,25H,1H3,(H,18,20)(H,19,22,24). The summed E-state index contributed by atoms with van der Waals surface area (Å²) in [7, 11) is 1.65. The topological polar surface area (TPSA) is 130 Å². The fourth-order valence-electron chi connectivity index (χ4n) is 2.02. The number of halogens is 2. The number of amides is 1. The number of aryl methyl sites for hydroxylation is 1. The van der Waals surface area contributed by atoms with Crippen molar-refractivity contribution in [2.75, 3.05) is 10.6 Å². The Labute approximate surface area is 153 Å². The van der Waals surface area contributed by atoms with Crippen LogP contribution >= 0.6 is 15.9 Å². The highest BCUT2D eigenvalue weighted by molar-refractivity contribution is 9.10. The van der Waals surface area contributed by atoms with E-state index < -0.39 is 11.7 Å². The smallest absolute Gasteiger partial charge is 0.292 e. The maximum absolute atomic E-state index is 13.3. The van der Waals surface area contributed by atoms with Gasteiger partial charge in [0.25, 0.3) is 5.91 Å². The minimum absolute atomic E-state index is 0.0597. The Balaban J connectivity index is 1.82. The van der Waals surface area contributed by atoms with Gasteiger partial charge in [-0.3, -0.25) is 10.1 Å². The third kappa shape index (κ3) is 3.54. The van der Waals surface area contributed by atoms with Crippen LogP contribution in [0.4, 0.5) is 15.9 Å². The van der Waals surface area contributed by atoms with Crippen LogP contribution < -0.4 is 10.6 Å². The number of hydrogen-bond donors (Lipinski definition) is 3. The number of nitrogens with zero attached hydrogens (tertiary/aromatic N) is 5. The summed E-state index contributed by atoms with van der Waals surface area (Å²) in [6, 6.07) is 4.07. The van der Waals surface area contributed by atoms with Crippen molar-refractivity contribution >= 4 is 39.2 Å². The van der Waals surface area contributed by atoms with E-state index in [9.17, 15) is 14.4 Å². The second-order valence-electron chi connectivity index (χ2n) is 4.98. The van der Waals surface area contributed by atoms with Gasteiger partial charge in [0.1, 0.15) is 5.82 Å². The summed E-state index contributed by atoms with van der Waals surface area (Å²) in [5, 5.41) is 24.7. The zero-order chi connectivity index (χ0) is 18.7. The van der Waals surface area contributed by atoms with E-state index in [4.69, 9.17) is 0 Å². The molecule has 0 aliphatic carbocycles. The largest absolute Gasteiger partial charge is 0.409 e. The van der Waals surface area contributed by atoms with Crippen LogP contribution in [0.3, 0.4) is 0 Å². The molecule has 3 aromatic rings. The van der Waals surface area contributed by atoms with E-state index in [0.717, 1.165) is 0 Å². The highest BCUT2D eigenvalue weighted by atomic mass is 79.9. The molecule has 2 heterocycles. The van der Waals surface area contributed by atoms with Crippen molar-refractivity contribution < 1.29 is 19.0 Å². The molecule has 26 heavy (non-hydrogen) atoms. The maximum Gasteiger partial charge on any atom is 0.292 e. The molecule has 3 N–H and O–H groups in total. The SMILES string of the molecule is Cn1ccnc1C(=O)Nc1nonc1/C(=N\O)Nc1ccc(F)c(Br)c1. The first-order chi connectivity index (χ1) is 12.5. The van der Waals surface area contributed by atoms with Gasteiger partial charge in [-0.05, 0) is 44.4 Å². The van der Waals surface area contributed by atoms with Crippen LogP contribution in [-0.4, -0.2) is 36.8 Å². The third-order valence-electron chi connectivity index (χ3n) is 3.25. The average molecular weight is 424 g/mol. The Morgan fingerprint density at radius 3 is 2.85 bits per heavy atom. The van der Waals surface area contributed by atoms with Gasteiger partial charge in [0.05, 0.1) is 4.47 Å². The van der Waals surface area contributed by atoms with E-state index in [2.05, 4.69) is 51.6 Å². The monoisotopic (exact) mass is 423 g/mol. The van der Waals surface area contributed by atoms with E-state index in [1.807, 2.05) is 0 Å². The van der Waals surface area contributed by atoms with Crippen LogP contribution in [0.15, 0.2) is 44.9 Å². The molecule has 0 atom stereocenters. The minimum Gasteiger partial charge on any atom is -0.409 e. The van der Waals surface area contributed by atoms with E-state index in [1.54, 1.807) is 13.2 Å². The number of oxime groups is 1. The van der Waals surface area contributed by atoms with Gasteiger partial charge in [-0.25, -0.2) is 14.0 Å². The average Bonchev–Trinajstić information content (AvgIpc) is 3.24. The fraction of sp³-hybridized carbons (Fsp3) is 0.0714. The summed E-state index contributed by atoms with van der Waals surface area (Å²) < 4.78 is 19.7. The number of benzene rings is 1. The van der Waals surface area contributed by atoms with Crippen molar-refractivity contribution in [2.24, 2.45) is 12.2 Å². The number of carbonyl (C=O) groups excluding carboxylic acids is 1. The number of rotatable bonds is 4. The molecule has 3 rings (SSSR count). The van der Waals surface area contributed by atoms with Crippen LogP contribution in [0, 0.1) is 5.82 Å². The molecule has 1 amide bonds. The van der Waals surface area contributed by atoms with Gasteiger partial charge in [0.2, 0.25) is 11.7 Å². The lowest BCUT2D eigenvalue weighted by molar-refractivity contribution is 0.101. The van der Waals surface area contributed by atoms with Gasteiger partial charge in [0.15, 0.2) is 11.5 Å². The maximum atomic E-state index is 13.3. The van der Waals surface area contributed by atoms with E-state index in [0.29, 0.717) is 5.69 Å². The second kappa shape index (κ2) is 7.31. The van der Waals surface area contributed by atoms with Gasteiger partial charge < -0.3 is 15.1 Å². The highest BCUT2D eigenvalue weighted by Crippen LogP contribution is 2.21. The number of nitrogens with one attached hydrogen (secondary N) is 2. The molecule has 0 saturated heterocycles. The lowest BCUT2D eigenvalue weighted by atomic mass is 10.3. The Hall–Kier alpha value is -3.28. The van der Waals surface area contributed by atoms with Gasteiger partial charge in [-0.1, -0.05) is 5.16 Å². The van der Waals surface area contributed by atoms with Crippen molar-refractivity contribution in [3.8, 4) is 0 Å². The Kier molecular flexibility index (Phi) is 4.93. The number of aromatic nitrogens is 4. The highest BCUT2D eigenvalue weighted by Gasteiger charge is 2.21. The Morgan fingerprint density at radius 1 is 1.38 bits per heavy atom. The van der Waals surface area contributed by atoms with E-state index in [-0.39, 0.29) is 27.6 Å². The number of imidazole rings is 1. The molecule has 1 aromatic carbocycles. The molecule has 12 heteroatoms. The molecule has 0 bridgehead atoms. The van der Waals surface area contributed by atoms with Gasteiger partial charge in [-0.15, -0.1) is 0 Å². The molecule has 0 fully saturated rings. The van der Waals surface area contributed by atoms with Gasteiger partial charge in [0, 0.05) is 25.1 Å². The first kappa shape index (κ1) is 17.5. The zero-order valence-corrected chi connectivity index (χ0v) is 14.7. The third-order valence-corrected chi connectivity index (χ3v) is 3.86. The van der Waals surface area contributed by atoms with Crippen molar-refractivity contribution in [2.45, 2.75) is 0 Å². The number of carbonyl (C=O) groups is 1. The molecular weight excluding hydrogens is 413 g/mol. The quantitative estimate of drug-likeness (QED) is 0.253. The molecule has 134 valence electrons. The second-order valence-corrected chi connectivity index (χ2v) is 5.83. The molecule has 0 aliphatic rings. The minimum atomic E-state index is -0.559. The van der Waals surface area contributed by atoms with Gasteiger partial charge >= 0.3 is 0 Å². The Bertz CT molecular complexity index is 985. The van der Waals surface area contributed by atoms with Crippen molar-refractivity contribution in [3.05, 3.63) is 52.4 Å². The molecule has 0 radical (unpaired) electrons. The van der Waals surface area contributed by atoms with Crippen molar-refractivity contribution in [3.63, 3.8) is 0 Å². The summed E-state index contributed by atoms with van der Waals surface area (Å²) in [4.78, 5) is 16.1. The molecule has 2 aromatic heterocycles. The number of hydrogen-bond acceptors (Lipinski definition) is 7. The van der Waals surface area contributed by atoms with Crippen LogP contribution in [0.2, 0.25) is 0 Å². The van der Waals surface area contributed by atoms with Crippen molar-refractivity contribution in [1.29, 1.82) is 0 Å². The fourth-order valence-corrected chi connectivity index (χ4v) is 2.39. The first-order valence-electron chi connectivity index (χ1n) is 7.05. The van der Waals surface area contributed by atoms with Crippen LogP contribution in [0.1, 0.15) is 16.3 Å². The summed E-state index contributed by atoms with van der Waals surface area (Å²) in [5.74, 6) is -1.13. The molecule has 0 spiro atoms. The van der Waals surface area contributed by atoms with Crippen LogP contribution in [0.25, 0.3) is 0 Å². The zero-order valence-electron chi connectivity index (χ0n) is 13.1. The molecule has 0 aliphatic heterocycles. The molecule has 0 unspecified atom stereocenters.